The first-order chi connectivity index (χ1) is 14.5. The Morgan fingerprint density at radius 1 is 1.00 bits per heavy atom. The van der Waals surface area contributed by atoms with Crippen molar-refractivity contribution in [1.82, 2.24) is 10.2 Å². The van der Waals surface area contributed by atoms with Gasteiger partial charge in [-0.1, -0.05) is 67.9 Å². The highest BCUT2D eigenvalue weighted by Gasteiger charge is 2.32. The Morgan fingerprint density at radius 3 is 2.30 bits per heavy atom. The highest BCUT2D eigenvalue weighted by molar-refractivity contribution is 6.30. The van der Waals surface area contributed by atoms with Crippen LogP contribution in [0.15, 0.2) is 77.4 Å². The van der Waals surface area contributed by atoms with E-state index in [1.54, 1.807) is 35.4 Å². The van der Waals surface area contributed by atoms with E-state index in [9.17, 15) is 9.59 Å². The van der Waals surface area contributed by atoms with Crippen molar-refractivity contribution in [3.63, 3.8) is 0 Å². The molecule has 0 bridgehead atoms. The summed E-state index contributed by atoms with van der Waals surface area (Å²) in [6, 6.07) is 19.4. The van der Waals surface area contributed by atoms with Crippen molar-refractivity contribution in [2.45, 2.75) is 33.0 Å². The van der Waals surface area contributed by atoms with Crippen molar-refractivity contribution in [1.29, 1.82) is 0 Å². The number of hydrogen-bond donors (Lipinski definition) is 1. The molecule has 1 aromatic heterocycles. The van der Waals surface area contributed by atoms with E-state index in [0.29, 0.717) is 17.3 Å². The summed E-state index contributed by atoms with van der Waals surface area (Å²) in [5, 5.41) is 3.53. The fourth-order valence-corrected chi connectivity index (χ4v) is 3.33. The lowest BCUT2D eigenvalue weighted by Crippen LogP contribution is -2.44. The molecule has 1 atom stereocenters. The van der Waals surface area contributed by atoms with Crippen molar-refractivity contribution in [3.05, 3.63) is 94.9 Å². The highest BCUT2D eigenvalue weighted by atomic mass is 35.5. The number of furan rings is 1. The lowest BCUT2D eigenvalue weighted by molar-refractivity contribution is -0.144. The molecule has 1 N–H and O–H groups in total. The van der Waals surface area contributed by atoms with Crippen LogP contribution in [0.3, 0.4) is 0 Å². The molecule has 0 aliphatic carbocycles. The second-order valence-corrected chi connectivity index (χ2v) is 7.79. The van der Waals surface area contributed by atoms with Crippen LogP contribution in [-0.2, 0) is 22.7 Å². The summed E-state index contributed by atoms with van der Waals surface area (Å²) in [6.45, 7) is 4.21. The summed E-state index contributed by atoms with van der Waals surface area (Å²) >= 11 is 6.01. The van der Waals surface area contributed by atoms with E-state index in [2.05, 4.69) is 5.32 Å². The Bertz CT molecular complexity index is 954. The summed E-state index contributed by atoms with van der Waals surface area (Å²) in [5.74, 6) is 0.0171. The summed E-state index contributed by atoms with van der Waals surface area (Å²) in [5.41, 5.74) is 1.64. The standard InChI is InChI=1S/C24H25ClN2O3/c1-17(2)24(29)27(16-18-10-12-20(25)13-11-18)22(19-7-4-3-5-8-19)23(28)26-15-21-9-6-14-30-21/h3-14,17,22H,15-16H2,1-2H3,(H,26,28). The largest absolute Gasteiger partial charge is 0.467 e. The number of halogens is 1. The first-order valence-corrected chi connectivity index (χ1v) is 10.2. The van der Waals surface area contributed by atoms with Gasteiger partial charge in [-0.25, -0.2) is 0 Å². The molecule has 0 aliphatic heterocycles. The fourth-order valence-electron chi connectivity index (χ4n) is 3.21. The second kappa shape index (κ2) is 10.1. The third kappa shape index (κ3) is 5.51. The van der Waals surface area contributed by atoms with Gasteiger partial charge < -0.3 is 14.6 Å². The van der Waals surface area contributed by atoms with Crippen molar-refractivity contribution >= 4 is 23.4 Å². The van der Waals surface area contributed by atoms with Gasteiger partial charge in [0.1, 0.15) is 11.8 Å². The van der Waals surface area contributed by atoms with Crippen LogP contribution in [0.25, 0.3) is 0 Å². The molecule has 2 aromatic carbocycles. The lowest BCUT2D eigenvalue weighted by atomic mass is 10.0. The minimum absolute atomic E-state index is 0.105. The molecule has 2 amide bonds. The highest BCUT2D eigenvalue weighted by Crippen LogP contribution is 2.26. The van der Waals surface area contributed by atoms with E-state index in [1.807, 2.05) is 56.3 Å². The molecule has 3 aromatic rings. The van der Waals surface area contributed by atoms with E-state index in [0.717, 1.165) is 11.1 Å². The molecule has 6 heteroatoms. The van der Waals surface area contributed by atoms with Gasteiger partial charge in [-0.05, 0) is 35.4 Å². The SMILES string of the molecule is CC(C)C(=O)N(Cc1ccc(Cl)cc1)C(C(=O)NCc1ccco1)c1ccccc1. The molecule has 5 nitrogen and oxygen atoms in total. The van der Waals surface area contributed by atoms with E-state index < -0.39 is 6.04 Å². The first-order valence-electron chi connectivity index (χ1n) is 9.85. The van der Waals surface area contributed by atoms with Gasteiger partial charge in [0.05, 0.1) is 12.8 Å². The normalized spacial score (nSPS) is 11.9. The Morgan fingerprint density at radius 2 is 1.70 bits per heavy atom. The Labute approximate surface area is 181 Å². The maximum atomic E-state index is 13.3. The summed E-state index contributed by atoms with van der Waals surface area (Å²) in [6.07, 6.45) is 1.56. The molecule has 3 rings (SSSR count). The number of rotatable bonds is 8. The van der Waals surface area contributed by atoms with Crippen molar-refractivity contribution in [2.75, 3.05) is 0 Å². The van der Waals surface area contributed by atoms with Crippen molar-refractivity contribution < 1.29 is 14.0 Å². The number of nitrogens with zero attached hydrogens (tertiary/aromatic N) is 1. The van der Waals surface area contributed by atoms with Gasteiger partial charge in [-0.15, -0.1) is 0 Å². The molecule has 0 fully saturated rings. The average Bonchev–Trinajstić information content (AvgIpc) is 3.27. The smallest absolute Gasteiger partial charge is 0.247 e. The quantitative estimate of drug-likeness (QED) is 0.555. The van der Waals surface area contributed by atoms with Crippen LogP contribution in [0.1, 0.15) is 36.8 Å². The maximum absolute atomic E-state index is 13.3. The number of hydrogen-bond acceptors (Lipinski definition) is 3. The third-order valence-corrected chi connectivity index (χ3v) is 4.99. The molecule has 1 heterocycles. The van der Waals surface area contributed by atoms with Crippen LogP contribution in [0.4, 0.5) is 0 Å². The van der Waals surface area contributed by atoms with E-state index >= 15 is 0 Å². The van der Waals surface area contributed by atoms with Crippen LogP contribution >= 0.6 is 11.6 Å². The second-order valence-electron chi connectivity index (χ2n) is 7.36. The van der Waals surface area contributed by atoms with Gasteiger partial charge in [0.15, 0.2) is 0 Å². The van der Waals surface area contributed by atoms with Crippen molar-refractivity contribution in [3.8, 4) is 0 Å². The minimum atomic E-state index is -0.772. The van der Waals surface area contributed by atoms with Gasteiger partial charge in [0.2, 0.25) is 11.8 Å². The molecule has 0 aliphatic rings. The van der Waals surface area contributed by atoms with Gasteiger partial charge in [-0.2, -0.15) is 0 Å². The number of nitrogens with one attached hydrogen (secondary N) is 1. The van der Waals surface area contributed by atoms with Gasteiger partial charge in [0.25, 0.3) is 0 Å². The number of benzene rings is 2. The van der Waals surface area contributed by atoms with E-state index in [4.69, 9.17) is 16.0 Å². The first kappa shape index (κ1) is 21.7. The zero-order valence-corrected chi connectivity index (χ0v) is 17.8. The molecule has 0 spiro atoms. The molecule has 30 heavy (non-hydrogen) atoms. The fraction of sp³-hybridized carbons (Fsp3) is 0.250. The van der Waals surface area contributed by atoms with Crippen LogP contribution in [0.5, 0.6) is 0 Å². The number of carbonyl (C=O) groups is 2. The zero-order valence-electron chi connectivity index (χ0n) is 17.0. The molecular formula is C24H25ClN2O3. The molecule has 0 radical (unpaired) electrons. The number of carbonyl (C=O) groups excluding carboxylic acids is 2. The third-order valence-electron chi connectivity index (χ3n) is 4.74. The van der Waals surface area contributed by atoms with E-state index in [1.165, 1.54) is 0 Å². The van der Waals surface area contributed by atoms with Gasteiger partial charge >= 0.3 is 0 Å². The lowest BCUT2D eigenvalue weighted by Gasteiger charge is -2.33. The maximum Gasteiger partial charge on any atom is 0.247 e. The van der Waals surface area contributed by atoms with Crippen LogP contribution in [0.2, 0.25) is 5.02 Å². The Hall–Kier alpha value is -3.05. The predicted octanol–water partition coefficient (Wildman–Crippen LogP) is 4.98. The average molecular weight is 425 g/mol. The zero-order chi connectivity index (χ0) is 21.5. The molecule has 0 saturated carbocycles. The Balaban J connectivity index is 1.93. The van der Waals surface area contributed by atoms with Crippen LogP contribution in [0, 0.1) is 5.92 Å². The van der Waals surface area contributed by atoms with Crippen LogP contribution in [-0.4, -0.2) is 16.7 Å². The topological polar surface area (TPSA) is 62.6 Å². The number of amides is 2. The minimum Gasteiger partial charge on any atom is -0.467 e. The summed E-state index contributed by atoms with van der Waals surface area (Å²) in [7, 11) is 0. The predicted molar refractivity (Wildman–Crippen MR) is 117 cm³/mol. The van der Waals surface area contributed by atoms with Crippen LogP contribution < -0.4 is 5.32 Å². The molecule has 156 valence electrons. The monoisotopic (exact) mass is 424 g/mol. The van der Waals surface area contributed by atoms with Gasteiger partial charge in [0, 0.05) is 17.5 Å². The Kier molecular flexibility index (Phi) is 7.31. The molecule has 0 saturated heterocycles. The van der Waals surface area contributed by atoms with Gasteiger partial charge in [-0.3, -0.25) is 9.59 Å². The molecular weight excluding hydrogens is 400 g/mol. The van der Waals surface area contributed by atoms with Crippen molar-refractivity contribution in [2.24, 2.45) is 5.92 Å². The summed E-state index contributed by atoms with van der Waals surface area (Å²) in [4.78, 5) is 28.1. The summed E-state index contributed by atoms with van der Waals surface area (Å²) < 4.78 is 5.31. The van der Waals surface area contributed by atoms with E-state index in [-0.39, 0.29) is 24.3 Å². The molecule has 1 unspecified atom stereocenters.